The Balaban J connectivity index is 0.949. The molecule has 6 saturated carbocycles. The van der Waals surface area contributed by atoms with Crippen molar-refractivity contribution in [2.24, 2.45) is 46.7 Å². The number of H-pyrrole nitrogens is 1. The van der Waals surface area contributed by atoms with Crippen LogP contribution >= 0.6 is 0 Å². The minimum absolute atomic E-state index is 0.0353. The second kappa shape index (κ2) is 21.1. The van der Waals surface area contributed by atoms with E-state index < -0.39 is 40.5 Å². The molecule has 11 N–H and O–H groups in total. The maximum atomic E-state index is 15.4. The Hall–Kier alpha value is -6.67. The summed E-state index contributed by atoms with van der Waals surface area (Å²) in [7, 11) is 0. The highest BCUT2D eigenvalue weighted by Crippen LogP contribution is 2.77. The molecule has 0 amide bonds. The van der Waals surface area contributed by atoms with Crippen LogP contribution in [-0.2, 0) is 28.7 Å². The van der Waals surface area contributed by atoms with E-state index in [2.05, 4.69) is 41.5 Å². The Kier molecular flexibility index (Phi) is 13.9. The molecule has 9 aliphatic rings. The third-order valence-corrected chi connectivity index (χ3v) is 23.4. The molecule has 442 valence electrons. The number of hydrogen-bond acceptors (Lipinski definition) is 12. The first-order chi connectivity index (χ1) is 40.6. The smallest absolute Gasteiger partial charge is 0.200 e. The van der Waals surface area contributed by atoms with Gasteiger partial charge in [-0.2, -0.15) is 0 Å². The number of carbonyl (C=O) groups excluding carboxylic acids is 1. The molecular formula is C71H82N2O11. The lowest BCUT2D eigenvalue weighted by atomic mass is 9.47. The topological polar surface area (TPSA) is 239 Å². The highest BCUT2D eigenvalue weighted by molar-refractivity contribution is 5.82. The zero-order valence-corrected chi connectivity index (χ0v) is 48.0. The lowest BCUT2D eigenvalue weighted by molar-refractivity contribution is -0.136. The maximum Gasteiger partial charge on any atom is 0.200 e. The summed E-state index contributed by atoms with van der Waals surface area (Å²) in [5, 5.41) is 94.3. The summed E-state index contributed by atoms with van der Waals surface area (Å²) in [6, 6.07) is 30.0. The number of fused-ring (bicyclic) bond motifs is 9. The van der Waals surface area contributed by atoms with Crippen LogP contribution in [0.5, 0.6) is 46.0 Å². The lowest BCUT2D eigenvalue weighted by Gasteiger charge is -2.56. The molecule has 84 heavy (non-hydrogen) atoms. The van der Waals surface area contributed by atoms with E-state index in [-0.39, 0.29) is 99.9 Å². The zero-order chi connectivity index (χ0) is 57.9. The van der Waals surface area contributed by atoms with Crippen molar-refractivity contribution >= 4 is 5.78 Å². The molecular weight excluding hydrogens is 1060 g/mol. The number of aliphatic hydroxyl groups excluding tert-OH is 1. The molecule has 0 radical (unpaired) electrons. The fourth-order valence-electron chi connectivity index (χ4n) is 19.9. The first kappa shape index (κ1) is 55.2. The molecule has 1 spiro atoms. The van der Waals surface area contributed by atoms with Crippen LogP contribution in [-0.4, -0.2) is 70.1 Å². The van der Waals surface area contributed by atoms with Gasteiger partial charge in [-0.15, -0.1) is 0 Å². The van der Waals surface area contributed by atoms with Crippen molar-refractivity contribution in [2.75, 3.05) is 6.73 Å². The van der Waals surface area contributed by atoms with E-state index in [1.807, 2.05) is 12.1 Å². The summed E-state index contributed by atoms with van der Waals surface area (Å²) < 4.78 is 13.0. The van der Waals surface area contributed by atoms with Crippen LogP contribution in [0.15, 0.2) is 103 Å². The largest absolute Gasteiger partial charge is 0.508 e. The van der Waals surface area contributed by atoms with Gasteiger partial charge in [0, 0.05) is 52.8 Å². The molecule has 13 nitrogen and oxygen atoms in total. The molecule has 1 heterocycles. The van der Waals surface area contributed by atoms with Gasteiger partial charge in [0.25, 0.3) is 0 Å². The summed E-state index contributed by atoms with van der Waals surface area (Å²) in [5.74, 6) is -2.35. The Morgan fingerprint density at radius 3 is 2.35 bits per heavy atom. The lowest BCUT2D eigenvalue weighted by Crippen LogP contribution is -2.53. The van der Waals surface area contributed by atoms with Gasteiger partial charge in [0.1, 0.15) is 35.4 Å². The number of carbonyl (C=O) groups is 1. The number of rotatable bonds is 15. The van der Waals surface area contributed by atoms with Crippen LogP contribution < -0.4 is 15.2 Å². The van der Waals surface area contributed by atoms with Gasteiger partial charge in [0.2, 0.25) is 5.75 Å². The number of aliphatic hydroxyl groups is 2. The number of phenols is 6. The van der Waals surface area contributed by atoms with E-state index in [4.69, 9.17) is 15.2 Å². The average molecular weight is 1140 g/mol. The fourth-order valence-corrected chi connectivity index (χ4v) is 19.9. The van der Waals surface area contributed by atoms with Gasteiger partial charge in [-0.3, -0.25) is 10.5 Å². The summed E-state index contributed by atoms with van der Waals surface area (Å²) in [5.41, 5.74) is 12.6. The van der Waals surface area contributed by atoms with Gasteiger partial charge in [-0.1, -0.05) is 61.4 Å². The third kappa shape index (κ3) is 8.98. The van der Waals surface area contributed by atoms with E-state index in [9.17, 15) is 40.9 Å². The average Bonchev–Trinajstić information content (AvgIpc) is 1.46. The van der Waals surface area contributed by atoms with Crippen molar-refractivity contribution in [1.29, 1.82) is 0 Å². The van der Waals surface area contributed by atoms with E-state index in [1.54, 1.807) is 48.5 Å². The van der Waals surface area contributed by atoms with Crippen molar-refractivity contribution in [1.82, 2.24) is 4.98 Å². The molecule has 0 saturated heterocycles. The zero-order valence-electron chi connectivity index (χ0n) is 48.0. The number of ketones is 1. The number of benzene rings is 5. The molecule has 6 fully saturated rings. The highest BCUT2D eigenvalue weighted by Gasteiger charge is 2.69. The second-order valence-corrected chi connectivity index (χ2v) is 27.4. The van der Waals surface area contributed by atoms with Crippen LogP contribution in [0, 0.1) is 40.9 Å². The minimum atomic E-state index is -1.13. The Bertz CT molecular complexity index is 3490. The minimum Gasteiger partial charge on any atom is -0.508 e. The summed E-state index contributed by atoms with van der Waals surface area (Å²) >= 11 is 0. The number of nitrogens with one attached hydrogen (secondary N) is 1. The third-order valence-electron chi connectivity index (χ3n) is 23.4. The number of ether oxygens (including phenoxy) is 2. The Morgan fingerprint density at radius 2 is 1.55 bits per heavy atom. The number of aromatic nitrogens is 1. The number of hydrogen-bond donors (Lipinski definition) is 10. The number of aromatic hydroxyl groups is 6. The molecule has 1 aromatic heterocycles. The molecule has 15 rings (SSSR count). The van der Waals surface area contributed by atoms with Crippen molar-refractivity contribution in [3.63, 3.8) is 0 Å². The predicted molar refractivity (Wildman–Crippen MR) is 318 cm³/mol. The molecule has 12 unspecified atom stereocenters. The molecule has 9 aliphatic carbocycles. The number of Topliss-reactive ketones (excluding diaryl/α,β-unsaturated/α-hetero) is 1. The van der Waals surface area contributed by atoms with E-state index in [0.717, 1.165) is 111 Å². The molecule has 5 aromatic carbocycles. The first-order valence-electron chi connectivity index (χ1n) is 31.5. The van der Waals surface area contributed by atoms with Crippen molar-refractivity contribution in [2.45, 2.75) is 175 Å². The van der Waals surface area contributed by atoms with Crippen molar-refractivity contribution in [3.05, 3.63) is 142 Å². The van der Waals surface area contributed by atoms with E-state index in [0.29, 0.717) is 56.4 Å². The fraction of sp³-hybridized carbons (Fsp3) is 0.507. The van der Waals surface area contributed by atoms with E-state index in [1.165, 1.54) is 22.8 Å². The summed E-state index contributed by atoms with van der Waals surface area (Å²) in [6.07, 6.45) is 17.3. The monoisotopic (exact) mass is 1140 g/mol. The first-order valence-corrected chi connectivity index (χ1v) is 31.5. The normalized spacial score (nSPS) is 31.2. The Morgan fingerprint density at radius 1 is 0.750 bits per heavy atom. The maximum absolute atomic E-state index is 15.4. The van der Waals surface area contributed by atoms with Crippen molar-refractivity contribution < 1.29 is 55.1 Å². The molecule has 2 bridgehead atoms. The number of aromatic amines is 1. The Labute approximate surface area is 491 Å². The van der Waals surface area contributed by atoms with Gasteiger partial charge < -0.3 is 55.3 Å². The molecule has 6 aromatic rings. The van der Waals surface area contributed by atoms with Gasteiger partial charge in [-0.25, -0.2) is 0 Å². The van der Waals surface area contributed by atoms with Gasteiger partial charge in [-0.05, 0) is 238 Å². The van der Waals surface area contributed by atoms with Crippen LogP contribution in [0.25, 0.3) is 11.3 Å². The molecule has 12 atom stereocenters. The standard InChI is InChI=1S/C71H82N2O11/c72-39-83-59-30-40(13-17-56(59)77)12-16-55(76)51-32-43(31-42-14-15-47(75)36-57(42)78)50-33-44-34-54(61(62(50)64(51)80)52-37-58(79)65(81)66(60(44)52)84-70(23-5-6-24-70)45-8-7-9-46(74)35-45)71-28-27-68(25-18-41(38-68)19-26-69(82)21-3-4-22-69)67(71)49-20-29-73-63(49)48-10-1-2-11-53(48)71/h1-2,7-11,13-15,17,20,29-30,35-37,41,43-44,50-51,54,61-62,64,67,73-75,77-82H,3-6,12,16,18-19,21-28,31-34,38-39,72H2. The van der Waals surface area contributed by atoms with Crippen LogP contribution in [0.3, 0.4) is 0 Å². The van der Waals surface area contributed by atoms with Crippen molar-refractivity contribution in [3.8, 4) is 57.3 Å². The summed E-state index contributed by atoms with van der Waals surface area (Å²) in [4.78, 5) is 19.2. The number of nitrogens with two attached hydrogens (primary N) is 1. The SMILES string of the molecule is NCOc1cc(CCC(=O)C2CC(Cc3ccc(O)cc3O)C3CC4CC(C56CCC7(CCC(CCC8(O)CCCC8)C7)C5c5cc[nH]c5-c5ccccc56)C(c5cc(O)c(O)c(OC6(c7cccc(O)c7)CCCC6)c54)C3C2O)ccc1O. The van der Waals surface area contributed by atoms with Gasteiger partial charge in [0.15, 0.2) is 23.0 Å². The highest BCUT2D eigenvalue weighted by atomic mass is 16.5. The molecule has 0 aliphatic heterocycles. The van der Waals surface area contributed by atoms with Crippen LogP contribution in [0.4, 0.5) is 0 Å². The van der Waals surface area contributed by atoms with E-state index >= 15 is 4.79 Å². The summed E-state index contributed by atoms with van der Waals surface area (Å²) in [6.45, 7) is -0.132. The second-order valence-electron chi connectivity index (χ2n) is 27.4. The number of phenolic OH excluding ortho intramolecular Hbond substituents is 6. The van der Waals surface area contributed by atoms with Gasteiger partial charge in [0.05, 0.1) is 11.7 Å². The predicted octanol–water partition coefficient (Wildman–Crippen LogP) is 13.0. The van der Waals surface area contributed by atoms with Crippen LogP contribution in [0.1, 0.15) is 179 Å². The quantitative estimate of drug-likeness (QED) is 0.0341. The molecule has 13 heteroatoms. The number of aryl methyl sites for hydroxylation is 1. The van der Waals surface area contributed by atoms with Gasteiger partial charge >= 0.3 is 0 Å². The van der Waals surface area contributed by atoms with Crippen LogP contribution in [0.2, 0.25) is 0 Å².